The summed E-state index contributed by atoms with van der Waals surface area (Å²) < 4.78 is 4.69. The number of hydrogen-bond acceptors (Lipinski definition) is 6. The maximum absolute atomic E-state index is 11.9. The number of amides is 1. The van der Waals surface area contributed by atoms with Gasteiger partial charge >= 0.3 is 0 Å². The van der Waals surface area contributed by atoms with Crippen molar-refractivity contribution in [2.24, 2.45) is 0 Å². The van der Waals surface area contributed by atoms with Crippen LogP contribution in [0.2, 0.25) is 0 Å². The molecule has 0 fully saturated rings. The first-order valence-electron chi connectivity index (χ1n) is 6.63. The Morgan fingerprint density at radius 2 is 1.86 bits per heavy atom. The number of nitrogens with one attached hydrogen (secondary N) is 2. The highest BCUT2D eigenvalue weighted by atomic mass is 16.5. The lowest BCUT2D eigenvalue weighted by atomic mass is 10.3. The maximum atomic E-state index is 11.9. The van der Waals surface area contributed by atoms with Crippen LogP contribution in [0, 0.1) is 0 Å². The van der Waals surface area contributed by atoms with Crippen LogP contribution in [0.15, 0.2) is 59.6 Å². The van der Waals surface area contributed by atoms with Crippen LogP contribution in [0.1, 0.15) is 16.1 Å². The van der Waals surface area contributed by atoms with E-state index in [-0.39, 0.29) is 5.91 Å². The van der Waals surface area contributed by atoms with Gasteiger partial charge in [0.05, 0.1) is 12.1 Å². The van der Waals surface area contributed by atoms with Crippen LogP contribution in [-0.2, 0) is 6.54 Å². The number of carbonyl (C=O) groups excluding carboxylic acids is 1. The van der Waals surface area contributed by atoms with Crippen LogP contribution in [0.5, 0.6) is 0 Å². The molecule has 0 bridgehead atoms. The Balaban J connectivity index is 1.60. The van der Waals surface area contributed by atoms with Crippen molar-refractivity contribution in [3.8, 4) is 0 Å². The molecule has 1 amide bonds. The predicted molar refractivity (Wildman–Crippen MR) is 79.4 cm³/mol. The molecule has 0 spiro atoms. The second-order valence-corrected chi connectivity index (χ2v) is 4.46. The van der Waals surface area contributed by atoms with Gasteiger partial charge in [0.2, 0.25) is 5.95 Å². The van der Waals surface area contributed by atoms with Crippen molar-refractivity contribution in [1.29, 1.82) is 0 Å². The van der Waals surface area contributed by atoms with E-state index < -0.39 is 0 Å². The average Bonchev–Trinajstić information content (AvgIpc) is 3.08. The van der Waals surface area contributed by atoms with Gasteiger partial charge in [-0.05, 0) is 12.1 Å². The monoisotopic (exact) mass is 295 g/mol. The summed E-state index contributed by atoms with van der Waals surface area (Å²) in [5.41, 5.74) is 1.91. The summed E-state index contributed by atoms with van der Waals surface area (Å²) in [6.45, 7) is 0.291. The zero-order valence-electron chi connectivity index (χ0n) is 11.6. The van der Waals surface area contributed by atoms with Gasteiger partial charge in [0.25, 0.3) is 5.91 Å². The quantitative estimate of drug-likeness (QED) is 0.749. The third-order valence-electron chi connectivity index (χ3n) is 2.87. The summed E-state index contributed by atoms with van der Waals surface area (Å²) in [7, 11) is 0. The second kappa shape index (κ2) is 6.49. The summed E-state index contributed by atoms with van der Waals surface area (Å²) in [5.74, 6) is 0.161. The van der Waals surface area contributed by atoms with Gasteiger partial charge in [-0.1, -0.05) is 23.4 Å². The lowest BCUT2D eigenvalue weighted by Gasteiger charge is -2.05. The van der Waals surface area contributed by atoms with Crippen LogP contribution >= 0.6 is 0 Å². The topological polar surface area (TPSA) is 92.9 Å². The molecule has 0 saturated carbocycles. The normalized spacial score (nSPS) is 10.2. The molecule has 0 atom stereocenters. The molecular weight excluding hydrogens is 282 g/mol. The smallest absolute Gasteiger partial charge is 0.254 e. The molecule has 3 aromatic rings. The molecule has 22 heavy (non-hydrogen) atoms. The molecule has 7 nitrogen and oxygen atoms in total. The van der Waals surface area contributed by atoms with E-state index in [4.69, 9.17) is 4.52 Å². The van der Waals surface area contributed by atoms with Crippen LogP contribution < -0.4 is 10.6 Å². The van der Waals surface area contributed by atoms with Crippen molar-refractivity contribution in [2.45, 2.75) is 6.54 Å². The van der Waals surface area contributed by atoms with Gasteiger partial charge in [-0.2, -0.15) is 0 Å². The fourth-order valence-corrected chi connectivity index (χ4v) is 1.76. The van der Waals surface area contributed by atoms with Gasteiger partial charge in [-0.3, -0.25) is 4.79 Å². The Labute approximate surface area is 126 Å². The molecule has 7 heteroatoms. The fraction of sp³-hybridized carbons (Fsp3) is 0.0667. The minimum Gasteiger partial charge on any atom is -0.364 e. The molecule has 1 aromatic carbocycles. The highest BCUT2D eigenvalue weighted by molar-refractivity contribution is 5.93. The lowest BCUT2D eigenvalue weighted by molar-refractivity contribution is 0.0949. The average molecular weight is 295 g/mol. The summed E-state index contributed by atoms with van der Waals surface area (Å²) >= 11 is 0. The Bertz CT molecular complexity index is 726. The molecular formula is C15H13N5O2. The van der Waals surface area contributed by atoms with E-state index in [1.54, 1.807) is 6.07 Å². The van der Waals surface area contributed by atoms with Gasteiger partial charge in [-0.25, -0.2) is 9.97 Å². The van der Waals surface area contributed by atoms with Crippen molar-refractivity contribution in [2.75, 3.05) is 5.32 Å². The standard InChI is InChI=1S/C15H13N5O2/c21-14(16-10-13-6-7-22-20-13)11-8-17-15(18-9-11)19-12-4-2-1-3-5-12/h1-9H,10H2,(H,16,21)(H,17,18,19). The highest BCUT2D eigenvalue weighted by Gasteiger charge is 2.08. The number of benzene rings is 1. The van der Waals surface area contributed by atoms with Crippen molar-refractivity contribution in [3.63, 3.8) is 0 Å². The molecule has 110 valence electrons. The molecule has 2 aromatic heterocycles. The second-order valence-electron chi connectivity index (χ2n) is 4.46. The van der Waals surface area contributed by atoms with Gasteiger partial charge in [0, 0.05) is 24.1 Å². The largest absolute Gasteiger partial charge is 0.364 e. The van der Waals surface area contributed by atoms with Gasteiger partial charge in [0.1, 0.15) is 12.0 Å². The first-order chi connectivity index (χ1) is 10.8. The van der Waals surface area contributed by atoms with E-state index in [0.717, 1.165) is 5.69 Å². The number of aromatic nitrogens is 3. The zero-order valence-corrected chi connectivity index (χ0v) is 11.6. The summed E-state index contributed by atoms with van der Waals surface area (Å²) in [6.07, 6.45) is 4.39. The summed E-state index contributed by atoms with van der Waals surface area (Å²) in [5, 5.41) is 9.47. The van der Waals surface area contributed by atoms with Crippen molar-refractivity contribution in [3.05, 3.63) is 66.3 Å². The van der Waals surface area contributed by atoms with E-state index >= 15 is 0 Å². The number of carbonyl (C=O) groups is 1. The fourth-order valence-electron chi connectivity index (χ4n) is 1.76. The number of para-hydroxylation sites is 1. The molecule has 3 rings (SSSR count). The first kappa shape index (κ1) is 13.7. The maximum Gasteiger partial charge on any atom is 0.254 e. The molecule has 0 radical (unpaired) electrons. The SMILES string of the molecule is O=C(NCc1ccon1)c1cnc(Nc2ccccc2)nc1. The number of anilines is 2. The third-order valence-corrected chi connectivity index (χ3v) is 2.87. The molecule has 0 aliphatic carbocycles. The van der Waals surface area contributed by atoms with Gasteiger partial charge < -0.3 is 15.2 Å². The Morgan fingerprint density at radius 1 is 1.09 bits per heavy atom. The number of nitrogens with zero attached hydrogens (tertiary/aromatic N) is 3. The first-order valence-corrected chi connectivity index (χ1v) is 6.63. The van der Waals surface area contributed by atoms with Gasteiger partial charge in [0.15, 0.2) is 0 Å². The molecule has 0 aliphatic heterocycles. The molecule has 2 N–H and O–H groups in total. The van der Waals surface area contributed by atoms with Crippen molar-refractivity contribution >= 4 is 17.5 Å². The molecule has 2 heterocycles. The lowest BCUT2D eigenvalue weighted by Crippen LogP contribution is -2.23. The third kappa shape index (κ3) is 3.45. The zero-order chi connectivity index (χ0) is 15.2. The Kier molecular flexibility index (Phi) is 4.05. The van der Waals surface area contributed by atoms with E-state index in [2.05, 4.69) is 25.8 Å². The van der Waals surface area contributed by atoms with E-state index in [9.17, 15) is 4.79 Å². The van der Waals surface area contributed by atoms with Crippen molar-refractivity contribution in [1.82, 2.24) is 20.4 Å². The minimum atomic E-state index is -0.269. The van der Waals surface area contributed by atoms with Crippen LogP contribution in [0.25, 0.3) is 0 Å². The molecule has 0 unspecified atom stereocenters. The van der Waals surface area contributed by atoms with Crippen LogP contribution in [0.3, 0.4) is 0 Å². The molecule has 0 saturated heterocycles. The molecule has 0 aliphatic rings. The van der Waals surface area contributed by atoms with E-state index in [0.29, 0.717) is 23.8 Å². The number of hydrogen-bond donors (Lipinski definition) is 2. The van der Waals surface area contributed by atoms with E-state index in [1.807, 2.05) is 30.3 Å². The predicted octanol–water partition coefficient (Wildman–Crippen LogP) is 2.14. The van der Waals surface area contributed by atoms with Gasteiger partial charge in [-0.15, -0.1) is 0 Å². The number of rotatable bonds is 5. The van der Waals surface area contributed by atoms with Crippen LogP contribution in [0.4, 0.5) is 11.6 Å². The summed E-state index contributed by atoms with van der Waals surface area (Å²) in [6, 6.07) is 11.2. The summed E-state index contributed by atoms with van der Waals surface area (Å²) in [4.78, 5) is 20.2. The minimum absolute atomic E-state index is 0.269. The Hall–Kier alpha value is -3.22. The Morgan fingerprint density at radius 3 is 2.55 bits per heavy atom. The van der Waals surface area contributed by atoms with E-state index in [1.165, 1.54) is 18.7 Å². The van der Waals surface area contributed by atoms with Crippen molar-refractivity contribution < 1.29 is 9.32 Å². The highest BCUT2D eigenvalue weighted by Crippen LogP contribution is 2.11. The van der Waals surface area contributed by atoms with Crippen LogP contribution in [-0.4, -0.2) is 21.0 Å².